The minimum atomic E-state index is -0.694. The fraction of sp³-hybridized carbons (Fsp3) is 0.500. The molecule has 1 saturated carbocycles. The highest BCUT2D eigenvalue weighted by atomic mass is 19.1. The molecule has 2 fully saturated rings. The van der Waals surface area contributed by atoms with Crippen molar-refractivity contribution >= 4 is 23.0 Å². The van der Waals surface area contributed by atoms with Crippen LogP contribution in [0.15, 0.2) is 24.5 Å². The smallest absolute Gasteiger partial charge is 0.159 e. The van der Waals surface area contributed by atoms with Gasteiger partial charge in [0.15, 0.2) is 11.6 Å². The largest absolute Gasteiger partial charge is 0.393 e. The zero-order chi connectivity index (χ0) is 19.4. The molecule has 0 radical (unpaired) electrons. The van der Waals surface area contributed by atoms with Gasteiger partial charge in [-0.15, -0.1) is 0 Å². The van der Waals surface area contributed by atoms with Gasteiger partial charge in [0.2, 0.25) is 0 Å². The summed E-state index contributed by atoms with van der Waals surface area (Å²) < 4.78 is 27.1. The van der Waals surface area contributed by atoms with Crippen molar-refractivity contribution in [3.63, 3.8) is 0 Å². The molecule has 3 N–H and O–H groups in total. The summed E-state index contributed by atoms with van der Waals surface area (Å²) in [5, 5.41) is 2.87. The first-order valence-corrected chi connectivity index (χ1v) is 9.25. The Hall–Kier alpha value is -2.44. The second-order valence-corrected chi connectivity index (χ2v) is 9.05. The number of halogens is 2. The van der Waals surface area contributed by atoms with Crippen molar-refractivity contribution < 1.29 is 8.78 Å². The molecule has 2 atom stereocenters. The number of nitrogens with zero attached hydrogens (tertiary/aromatic N) is 3. The van der Waals surface area contributed by atoms with Crippen molar-refractivity contribution in [1.29, 1.82) is 0 Å². The van der Waals surface area contributed by atoms with Gasteiger partial charge in [-0.05, 0) is 42.2 Å². The second-order valence-electron chi connectivity index (χ2n) is 9.05. The molecule has 0 spiro atoms. The van der Waals surface area contributed by atoms with Gasteiger partial charge in [0.25, 0.3) is 0 Å². The highest BCUT2D eigenvalue weighted by Gasteiger charge is 2.50. The van der Waals surface area contributed by atoms with E-state index in [9.17, 15) is 8.78 Å². The number of aromatic nitrogens is 2. The van der Waals surface area contributed by atoms with Gasteiger partial charge in [0.1, 0.15) is 23.6 Å². The van der Waals surface area contributed by atoms with E-state index in [0.29, 0.717) is 23.4 Å². The van der Waals surface area contributed by atoms with E-state index in [4.69, 9.17) is 5.73 Å². The molecule has 1 aliphatic heterocycles. The monoisotopic (exact) mass is 373 g/mol. The van der Waals surface area contributed by atoms with Crippen molar-refractivity contribution in [2.24, 2.45) is 10.8 Å². The predicted octanol–water partition coefficient (Wildman–Crippen LogP) is 4.49. The minimum Gasteiger partial charge on any atom is -0.393 e. The molecule has 0 amide bonds. The molecule has 144 valence electrons. The summed E-state index contributed by atoms with van der Waals surface area (Å²) in [5.74, 6) is -0.312. The fourth-order valence-electron chi connectivity index (χ4n) is 5.14. The van der Waals surface area contributed by atoms with Gasteiger partial charge in [-0.1, -0.05) is 20.8 Å². The summed E-state index contributed by atoms with van der Waals surface area (Å²) in [6, 6.07) is 3.73. The molecular weight excluding hydrogens is 348 g/mol. The maximum absolute atomic E-state index is 14.0. The quantitative estimate of drug-likeness (QED) is 0.830. The van der Waals surface area contributed by atoms with E-state index in [1.165, 1.54) is 24.9 Å². The van der Waals surface area contributed by atoms with Crippen molar-refractivity contribution in [1.82, 2.24) is 9.97 Å². The van der Waals surface area contributed by atoms with Gasteiger partial charge >= 0.3 is 0 Å². The van der Waals surface area contributed by atoms with Crippen LogP contribution in [-0.4, -0.2) is 22.6 Å². The molecule has 1 aromatic carbocycles. The Morgan fingerprint density at radius 3 is 2.70 bits per heavy atom. The number of anilines is 4. The lowest BCUT2D eigenvalue weighted by Crippen LogP contribution is -2.35. The van der Waals surface area contributed by atoms with E-state index in [0.717, 1.165) is 25.5 Å². The number of hydrogen-bond donors (Lipinski definition) is 2. The number of fused-ring (bicyclic) bond motifs is 2. The van der Waals surface area contributed by atoms with Gasteiger partial charge in [-0.25, -0.2) is 18.7 Å². The Kier molecular flexibility index (Phi) is 4.01. The van der Waals surface area contributed by atoms with Gasteiger partial charge in [0, 0.05) is 18.7 Å². The van der Waals surface area contributed by atoms with E-state index in [-0.39, 0.29) is 16.5 Å². The summed E-state index contributed by atoms with van der Waals surface area (Å²) >= 11 is 0. The van der Waals surface area contributed by atoms with Crippen LogP contribution in [0.2, 0.25) is 0 Å². The van der Waals surface area contributed by atoms with Crippen LogP contribution in [0.3, 0.4) is 0 Å². The van der Waals surface area contributed by atoms with Gasteiger partial charge in [0.05, 0.1) is 5.69 Å². The van der Waals surface area contributed by atoms with Crippen molar-refractivity contribution in [2.75, 3.05) is 22.5 Å². The molecule has 5 nitrogen and oxygen atoms in total. The highest BCUT2D eigenvalue weighted by molar-refractivity contribution is 5.78. The van der Waals surface area contributed by atoms with Crippen LogP contribution in [0.5, 0.6) is 0 Å². The third-order valence-electron chi connectivity index (χ3n) is 5.73. The van der Waals surface area contributed by atoms with Gasteiger partial charge < -0.3 is 16.0 Å². The van der Waals surface area contributed by atoms with E-state index >= 15 is 0 Å². The molecule has 1 aromatic heterocycles. The molecular formula is C20H25F2N5. The van der Waals surface area contributed by atoms with E-state index in [1.807, 2.05) is 0 Å². The summed E-state index contributed by atoms with van der Waals surface area (Å²) in [6.07, 6.45) is 4.81. The number of nitrogens with two attached hydrogens (primary N) is 1. The summed E-state index contributed by atoms with van der Waals surface area (Å²) in [5.41, 5.74) is 7.39. The van der Waals surface area contributed by atoms with Crippen LogP contribution >= 0.6 is 0 Å². The third kappa shape index (κ3) is 3.31. The Morgan fingerprint density at radius 2 is 1.96 bits per heavy atom. The lowest BCUT2D eigenvalue weighted by atomic mass is 9.65. The fourth-order valence-corrected chi connectivity index (χ4v) is 5.14. The number of hydrogen-bond acceptors (Lipinski definition) is 5. The molecule has 7 heteroatoms. The van der Waals surface area contributed by atoms with E-state index in [1.54, 1.807) is 0 Å². The Balaban J connectivity index is 1.65. The Bertz CT molecular complexity index is 885. The number of nitrogen functional groups attached to an aromatic ring is 1. The molecule has 2 aromatic rings. The Morgan fingerprint density at radius 1 is 1.19 bits per heavy atom. The van der Waals surface area contributed by atoms with Crippen LogP contribution in [0, 0.1) is 22.5 Å². The van der Waals surface area contributed by atoms with Gasteiger partial charge in [-0.3, -0.25) is 0 Å². The SMILES string of the molecule is CC1(C)CC2CC(C)(CN2c2ncnc(Nc3ccc(F)cc3F)c2N)C1. The summed E-state index contributed by atoms with van der Waals surface area (Å²) in [7, 11) is 0. The topological polar surface area (TPSA) is 67.1 Å². The van der Waals surface area contributed by atoms with E-state index < -0.39 is 11.6 Å². The average Bonchev–Trinajstić information content (AvgIpc) is 2.80. The highest BCUT2D eigenvalue weighted by Crippen LogP contribution is 2.54. The van der Waals surface area contributed by atoms with Crippen molar-refractivity contribution in [3.8, 4) is 0 Å². The minimum absolute atomic E-state index is 0.126. The van der Waals surface area contributed by atoms with Crippen LogP contribution < -0.4 is 16.0 Å². The van der Waals surface area contributed by atoms with Crippen molar-refractivity contribution in [2.45, 2.75) is 46.1 Å². The van der Waals surface area contributed by atoms with Gasteiger partial charge in [-0.2, -0.15) is 0 Å². The lowest BCUT2D eigenvalue weighted by molar-refractivity contribution is 0.136. The van der Waals surface area contributed by atoms with E-state index in [2.05, 4.69) is 41.0 Å². The Labute approximate surface area is 158 Å². The maximum atomic E-state index is 14.0. The predicted molar refractivity (Wildman–Crippen MR) is 103 cm³/mol. The van der Waals surface area contributed by atoms with Crippen molar-refractivity contribution in [3.05, 3.63) is 36.2 Å². The average molecular weight is 373 g/mol. The second kappa shape index (κ2) is 6.04. The standard InChI is InChI=1S/C20H25F2N5/c1-19(2)7-13-8-20(3,9-19)10-27(13)18-16(23)17(24-11-25-18)26-15-5-4-12(21)6-14(15)22/h4-6,11,13H,7-10,23H2,1-3H3,(H,24,25,26). The first-order valence-electron chi connectivity index (χ1n) is 9.25. The molecule has 1 saturated heterocycles. The molecule has 2 bridgehead atoms. The normalized spacial score (nSPS) is 26.3. The molecule has 27 heavy (non-hydrogen) atoms. The molecule has 2 unspecified atom stereocenters. The molecule has 2 heterocycles. The number of benzene rings is 1. The molecule has 4 rings (SSSR count). The van der Waals surface area contributed by atoms with Crippen LogP contribution in [0.1, 0.15) is 40.0 Å². The number of nitrogens with one attached hydrogen (secondary N) is 1. The lowest BCUT2D eigenvalue weighted by Gasteiger charge is -2.39. The first kappa shape index (κ1) is 17.9. The van der Waals surface area contributed by atoms with Crippen LogP contribution in [0.25, 0.3) is 0 Å². The first-order chi connectivity index (χ1) is 12.7. The molecule has 1 aliphatic carbocycles. The van der Waals surface area contributed by atoms with Crippen LogP contribution in [-0.2, 0) is 0 Å². The summed E-state index contributed by atoms with van der Waals surface area (Å²) in [6.45, 7) is 7.85. The molecule has 2 aliphatic rings. The third-order valence-corrected chi connectivity index (χ3v) is 5.73. The van der Waals surface area contributed by atoms with Crippen LogP contribution in [0.4, 0.5) is 31.8 Å². The zero-order valence-electron chi connectivity index (χ0n) is 15.9. The number of rotatable bonds is 3. The maximum Gasteiger partial charge on any atom is 0.159 e. The zero-order valence-corrected chi connectivity index (χ0v) is 15.9. The summed E-state index contributed by atoms with van der Waals surface area (Å²) in [4.78, 5) is 10.9.